The Morgan fingerprint density at radius 2 is 1.96 bits per heavy atom. The first-order valence-corrected chi connectivity index (χ1v) is 10.1. The van der Waals surface area contributed by atoms with Gasteiger partial charge in [0.25, 0.3) is 0 Å². The number of thiazole rings is 1. The van der Waals surface area contributed by atoms with Crippen LogP contribution in [0.1, 0.15) is 50.3 Å². The van der Waals surface area contributed by atoms with Crippen molar-refractivity contribution >= 4 is 22.4 Å². The highest BCUT2D eigenvalue weighted by Gasteiger charge is 2.25. The summed E-state index contributed by atoms with van der Waals surface area (Å²) in [5.74, 6) is 0.397. The SMILES string of the molecule is CCC(Oc1ccc(-c2nc(N)sc2C)cc1)C(=O)OC1CCCCC1. The van der Waals surface area contributed by atoms with Crippen molar-refractivity contribution in [3.05, 3.63) is 29.1 Å². The second kappa shape index (κ2) is 8.54. The molecular weight excluding hydrogens is 348 g/mol. The molecule has 140 valence electrons. The number of ether oxygens (including phenoxy) is 2. The third kappa shape index (κ3) is 4.55. The van der Waals surface area contributed by atoms with Crippen LogP contribution < -0.4 is 10.5 Å². The van der Waals surface area contributed by atoms with Crippen LogP contribution in [0.2, 0.25) is 0 Å². The Hall–Kier alpha value is -2.08. The van der Waals surface area contributed by atoms with Crippen molar-refractivity contribution in [1.29, 1.82) is 0 Å². The maximum Gasteiger partial charge on any atom is 0.347 e. The molecule has 0 saturated heterocycles. The number of nitrogens with two attached hydrogens (primary N) is 1. The molecule has 2 N–H and O–H groups in total. The summed E-state index contributed by atoms with van der Waals surface area (Å²) in [5, 5.41) is 0.564. The van der Waals surface area contributed by atoms with E-state index in [0.29, 0.717) is 17.3 Å². The first kappa shape index (κ1) is 18.7. The van der Waals surface area contributed by atoms with E-state index in [1.54, 1.807) is 0 Å². The highest BCUT2D eigenvalue weighted by Crippen LogP contribution is 2.30. The molecule has 5 nitrogen and oxygen atoms in total. The number of hydrogen-bond donors (Lipinski definition) is 1. The Labute approximate surface area is 158 Å². The average molecular weight is 375 g/mol. The second-order valence-electron chi connectivity index (χ2n) is 6.69. The molecule has 1 aliphatic rings. The molecule has 0 spiro atoms. The van der Waals surface area contributed by atoms with Crippen molar-refractivity contribution in [1.82, 2.24) is 4.98 Å². The molecule has 3 rings (SSSR count). The Balaban J connectivity index is 1.62. The van der Waals surface area contributed by atoms with Crippen molar-refractivity contribution in [2.75, 3.05) is 5.73 Å². The number of esters is 1. The van der Waals surface area contributed by atoms with Crippen molar-refractivity contribution in [2.24, 2.45) is 0 Å². The number of rotatable bonds is 6. The van der Waals surface area contributed by atoms with Crippen LogP contribution in [0.25, 0.3) is 11.3 Å². The van der Waals surface area contributed by atoms with Crippen LogP contribution in [0.5, 0.6) is 5.75 Å². The molecule has 2 aromatic rings. The lowest BCUT2D eigenvalue weighted by Crippen LogP contribution is -2.32. The van der Waals surface area contributed by atoms with Gasteiger partial charge in [0.15, 0.2) is 11.2 Å². The van der Waals surface area contributed by atoms with Crippen LogP contribution in [0.3, 0.4) is 0 Å². The van der Waals surface area contributed by atoms with Gasteiger partial charge in [-0.05, 0) is 63.3 Å². The van der Waals surface area contributed by atoms with Gasteiger partial charge in [0, 0.05) is 10.4 Å². The average Bonchev–Trinajstić information content (AvgIpc) is 2.99. The van der Waals surface area contributed by atoms with E-state index in [-0.39, 0.29) is 12.1 Å². The lowest BCUT2D eigenvalue weighted by Gasteiger charge is -2.24. The van der Waals surface area contributed by atoms with Crippen LogP contribution in [0.4, 0.5) is 5.13 Å². The monoisotopic (exact) mass is 374 g/mol. The quantitative estimate of drug-likeness (QED) is 0.740. The third-order valence-electron chi connectivity index (χ3n) is 4.69. The molecule has 1 aliphatic carbocycles. The number of nitrogen functional groups attached to an aromatic ring is 1. The summed E-state index contributed by atoms with van der Waals surface area (Å²) in [5.41, 5.74) is 7.65. The number of anilines is 1. The minimum absolute atomic E-state index is 0.0503. The summed E-state index contributed by atoms with van der Waals surface area (Å²) in [4.78, 5) is 17.9. The third-order valence-corrected chi connectivity index (χ3v) is 5.49. The zero-order valence-electron chi connectivity index (χ0n) is 15.4. The summed E-state index contributed by atoms with van der Waals surface area (Å²) in [6, 6.07) is 7.60. The first-order valence-electron chi connectivity index (χ1n) is 9.27. The van der Waals surface area contributed by atoms with E-state index < -0.39 is 6.10 Å². The lowest BCUT2D eigenvalue weighted by atomic mass is 9.98. The van der Waals surface area contributed by atoms with E-state index in [1.165, 1.54) is 17.8 Å². The molecule has 0 amide bonds. The standard InChI is InChI=1S/C20H26N2O3S/c1-3-17(19(23)25-15-7-5-4-6-8-15)24-16-11-9-14(10-12-16)18-13(2)26-20(21)22-18/h9-12,15,17H,3-8H2,1-2H3,(H2,21,22). The second-order valence-corrected chi connectivity index (χ2v) is 7.93. The van der Waals surface area contributed by atoms with Gasteiger partial charge in [-0.2, -0.15) is 0 Å². The Kier molecular flexibility index (Phi) is 6.14. The molecule has 1 heterocycles. The number of aromatic nitrogens is 1. The molecule has 1 aromatic carbocycles. The fourth-order valence-corrected chi connectivity index (χ4v) is 3.97. The van der Waals surface area contributed by atoms with Gasteiger partial charge in [-0.1, -0.05) is 13.3 Å². The van der Waals surface area contributed by atoms with Crippen molar-refractivity contribution in [3.63, 3.8) is 0 Å². The van der Waals surface area contributed by atoms with E-state index >= 15 is 0 Å². The first-order chi connectivity index (χ1) is 12.6. The fraction of sp³-hybridized carbons (Fsp3) is 0.500. The predicted octanol–water partition coefficient (Wildman–Crippen LogP) is 4.73. The van der Waals surface area contributed by atoms with Gasteiger partial charge in [0.2, 0.25) is 0 Å². The van der Waals surface area contributed by atoms with Gasteiger partial charge < -0.3 is 15.2 Å². The molecule has 1 saturated carbocycles. The van der Waals surface area contributed by atoms with Crippen LogP contribution >= 0.6 is 11.3 Å². The van der Waals surface area contributed by atoms with E-state index in [4.69, 9.17) is 15.2 Å². The van der Waals surface area contributed by atoms with Gasteiger partial charge in [-0.25, -0.2) is 9.78 Å². The normalized spacial score (nSPS) is 16.2. The van der Waals surface area contributed by atoms with Crippen LogP contribution in [-0.4, -0.2) is 23.2 Å². The maximum atomic E-state index is 12.4. The predicted molar refractivity (Wildman–Crippen MR) is 104 cm³/mol. The summed E-state index contributed by atoms with van der Waals surface area (Å²) in [7, 11) is 0. The van der Waals surface area contributed by atoms with Gasteiger partial charge in [-0.3, -0.25) is 0 Å². The van der Waals surface area contributed by atoms with Gasteiger partial charge in [0.05, 0.1) is 5.69 Å². The topological polar surface area (TPSA) is 74.4 Å². The maximum absolute atomic E-state index is 12.4. The summed E-state index contributed by atoms with van der Waals surface area (Å²) in [6.07, 6.45) is 5.50. The smallest absolute Gasteiger partial charge is 0.347 e. The van der Waals surface area contributed by atoms with Crippen molar-refractivity contribution in [3.8, 4) is 17.0 Å². The zero-order chi connectivity index (χ0) is 18.5. The summed E-state index contributed by atoms with van der Waals surface area (Å²) < 4.78 is 11.5. The minimum atomic E-state index is -0.570. The van der Waals surface area contributed by atoms with Gasteiger partial charge >= 0.3 is 5.97 Å². The number of carbonyl (C=O) groups is 1. The number of aryl methyl sites for hydroxylation is 1. The Bertz CT molecular complexity index is 736. The van der Waals surface area contributed by atoms with Gasteiger partial charge in [0.1, 0.15) is 11.9 Å². The molecule has 1 fully saturated rings. The molecular formula is C20H26N2O3S. The molecule has 0 bridgehead atoms. The molecule has 1 aromatic heterocycles. The van der Waals surface area contributed by atoms with Crippen molar-refractivity contribution < 1.29 is 14.3 Å². The number of nitrogens with zero attached hydrogens (tertiary/aromatic N) is 1. The molecule has 0 radical (unpaired) electrons. The molecule has 26 heavy (non-hydrogen) atoms. The number of carbonyl (C=O) groups excluding carboxylic acids is 1. The van der Waals surface area contributed by atoms with Crippen molar-refractivity contribution in [2.45, 2.75) is 64.6 Å². The van der Waals surface area contributed by atoms with Crippen LogP contribution in [0.15, 0.2) is 24.3 Å². The molecule has 6 heteroatoms. The Morgan fingerprint density at radius 1 is 1.27 bits per heavy atom. The lowest BCUT2D eigenvalue weighted by molar-refractivity contribution is -0.159. The largest absolute Gasteiger partial charge is 0.479 e. The highest BCUT2D eigenvalue weighted by molar-refractivity contribution is 7.15. The molecule has 0 aliphatic heterocycles. The van der Waals surface area contributed by atoms with Gasteiger partial charge in [-0.15, -0.1) is 11.3 Å². The van der Waals surface area contributed by atoms with Crippen LogP contribution in [0, 0.1) is 6.92 Å². The van der Waals surface area contributed by atoms with E-state index in [0.717, 1.165) is 41.8 Å². The van der Waals surface area contributed by atoms with Crippen LogP contribution in [-0.2, 0) is 9.53 Å². The Morgan fingerprint density at radius 3 is 2.54 bits per heavy atom. The van der Waals surface area contributed by atoms with E-state index in [2.05, 4.69) is 4.98 Å². The number of benzene rings is 1. The fourth-order valence-electron chi connectivity index (χ4n) is 3.26. The minimum Gasteiger partial charge on any atom is -0.479 e. The van der Waals surface area contributed by atoms with E-state index in [1.807, 2.05) is 38.1 Å². The zero-order valence-corrected chi connectivity index (χ0v) is 16.2. The molecule has 1 atom stereocenters. The van der Waals surface area contributed by atoms with E-state index in [9.17, 15) is 4.79 Å². The summed E-state index contributed by atoms with van der Waals surface area (Å²) in [6.45, 7) is 3.94. The summed E-state index contributed by atoms with van der Waals surface area (Å²) >= 11 is 1.48. The highest BCUT2D eigenvalue weighted by atomic mass is 32.1. The molecule has 1 unspecified atom stereocenters. The number of hydrogen-bond acceptors (Lipinski definition) is 6.